The van der Waals surface area contributed by atoms with Crippen molar-refractivity contribution in [2.75, 3.05) is 13.1 Å². The minimum atomic E-state index is -0.280. The predicted octanol–water partition coefficient (Wildman–Crippen LogP) is 3.53. The van der Waals surface area contributed by atoms with E-state index >= 15 is 0 Å². The summed E-state index contributed by atoms with van der Waals surface area (Å²) in [5, 5.41) is 11.0. The molecule has 4 heteroatoms. The number of aryl methyl sites for hydroxylation is 1. The van der Waals surface area contributed by atoms with Crippen molar-refractivity contribution in [2.45, 2.75) is 52.1 Å². The molecular weight excluding hydrogens is 312 g/mol. The molecule has 0 spiro atoms. The molecule has 1 aromatic carbocycles. The lowest BCUT2D eigenvalue weighted by Gasteiger charge is -2.33. The Balaban J connectivity index is 1.62. The summed E-state index contributed by atoms with van der Waals surface area (Å²) in [5.41, 5.74) is 4.55. The van der Waals surface area contributed by atoms with Crippen LogP contribution >= 0.6 is 0 Å². The highest BCUT2D eigenvalue weighted by molar-refractivity contribution is 6.06. The van der Waals surface area contributed by atoms with Crippen molar-refractivity contribution in [2.24, 2.45) is 11.8 Å². The second-order valence-electron chi connectivity index (χ2n) is 8.03. The molecule has 25 heavy (non-hydrogen) atoms. The second-order valence-corrected chi connectivity index (χ2v) is 8.03. The molecule has 2 atom stereocenters. The number of rotatable bonds is 2. The first-order valence-electron chi connectivity index (χ1n) is 9.64. The van der Waals surface area contributed by atoms with Gasteiger partial charge in [-0.05, 0) is 62.5 Å². The number of piperidine rings is 1. The van der Waals surface area contributed by atoms with Gasteiger partial charge in [0, 0.05) is 24.2 Å². The first-order chi connectivity index (χ1) is 12.0. The summed E-state index contributed by atoms with van der Waals surface area (Å²) in [4.78, 5) is 18.6. The topological polar surface area (TPSA) is 56.3 Å². The first kappa shape index (κ1) is 16.6. The Morgan fingerprint density at radius 2 is 2.04 bits per heavy atom. The third-order valence-corrected chi connectivity index (χ3v) is 6.21. The summed E-state index contributed by atoms with van der Waals surface area (Å²) < 4.78 is 0. The summed E-state index contributed by atoms with van der Waals surface area (Å²) in [6.45, 7) is 5.64. The van der Waals surface area contributed by atoms with Crippen LogP contribution in [0.5, 0.6) is 0 Å². The van der Waals surface area contributed by atoms with Gasteiger partial charge in [0.2, 0.25) is 0 Å². The monoisotopic (exact) mass is 340 g/mol. The van der Waals surface area contributed by atoms with Crippen molar-refractivity contribution in [1.29, 1.82) is 0 Å². The SMILES string of the molecule is CC1CCc2[nH]c3c(C(=O)N4CCC(C(C)O)CC4)cccc3c2C1. The number of nitrogens with one attached hydrogen (secondary N) is 1. The number of fused-ring (bicyclic) bond motifs is 3. The number of amides is 1. The molecule has 1 aliphatic heterocycles. The number of aliphatic hydroxyl groups is 1. The minimum Gasteiger partial charge on any atom is -0.393 e. The van der Waals surface area contributed by atoms with Crippen LogP contribution in [0.4, 0.5) is 0 Å². The third kappa shape index (κ3) is 2.97. The van der Waals surface area contributed by atoms with Crippen molar-refractivity contribution >= 4 is 16.8 Å². The van der Waals surface area contributed by atoms with E-state index in [0.29, 0.717) is 11.8 Å². The fourth-order valence-electron chi connectivity index (χ4n) is 4.55. The molecule has 4 nitrogen and oxygen atoms in total. The molecule has 4 rings (SSSR count). The Kier molecular flexibility index (Phi) is 4.32. The lowest BCUT2D eigenvalue weighted by Crippen LogP contribution is -2.40. The van der Waals surface area contributed by atoms with Crippen molar-refractivity contribution in [3.63, 3.8) is 0 Å². The molecule has 1 amide bonds. The van der Waals surface area contributed by atoms with Gasteiger partial charge in [0.05, 0.1) is 17.2 Å². The fourth-order valence-corrected chi connectivity index (χ4v) is 4.55. The zero-order valence-corrected chi connectivity index (χ0v) is 15.2. The van der Waals surface area contributed by atoms with Gasteiger partial charge in [-0.3, -0.25) is 4.79 Å². The van der Waals surface area contributed by atoms with E-state index in [1.165, 1.54) is 23.1 Å². The van der Waals surface area contributed by atoms with Crippen LogP contribution in [0.2, 0.25) is 0 Å². The van der Waals surface area contributed by atoms with Crippen LogP contribution in [0, 0.1) is 11.8 Å². The molecule has 2 aliphatic rings. The highest BCUT2D eigenvalue weighted by Gasteiger charge is 2.28. The van der Waals surface area contributed by atoms with E-state index in [9.17, 15) is 9.90 Å². The van der Waals surface area contributed by atoms with Gasteiger partial charge in [0.15, 0.2) is 0 Å². The number of carbonyl (C=O) groups excluding carboxylic acids is 1. The Bertz CT molecular complexity index is 785. The number of nitrogens with zero attached hydrogens (tertiary/aromatic N) is 1. The lowest BCUT2D eigenvalue weighted by atomic mass is 9.87. The molecule has 0 saturated carbocycles. The van der Waals surface area contributed by atoms with Gasteiger partial charge in [-0.15, -0.1) is 0 Å². The molecule has 2 aromatic rings. The summed E-state index contributed by atoms with van der Waals surface area (Å²) in [6.07, 6.45) is 4.90. The molecule has 1 fully saturated rings. The first-order valence-corrected chi connectivity index (χ1v) is 9.64. The smallest absolute Gasteiger partial charge is 0.255 e. The van der Waals surface area contributed by atoms with Crippen LogP contribution in [0.15, 0.2) is 18.2 Å². The van der Waals surface area contributed by atoms with Gasteiger partial charge in [-0.1, -0.05) is 19.1 Å². The van der Waals surface area contributed by atoms with E-state index in [0.717, 1.165) is 49.9 Å². The van der Waals surface area contributed by atoms with Crippen LogP contribution < -0.4 is 0 Å². The molecule has 134 valence electrons. The van der Waals surface area contributed by atoms with Crippen molar-refractivity contribution in [1.82, 2.24) is 9.88 Å². The van der Waals surface area contributed by atoms with E-state index in [1.807, 2.05) is 24.0 Å². The summed E-state index contributed by atoms with van der Waals surface area (Å²) >= 11 is 0. The molecular formula is C21H28N2O2. The van der Waals surface area contributed by atoms with Crippen molar-refractivity contribution in [3.8, 4) is 0 Å². The summed E-state index contributed by atoms with van der Waals surface area (Å²) in [5.74, 6) is 1.16. The molecule has 0 radical (unpaired) electrons. The maximum atomic E-state index is 13.1. The molecule has 1 aliphatic carbocycles. The number of hydrogen-bond donors (Lipinski definition) is 2. The number of para-hydroxylation sites is 1. The normalized spacial score (nSPS) is 22.8. The standard InChI is InChI=1S/C21H28N2O2/c1-13-6-7-19-18(12-13)16-4-3-5-17(20(16)22-19)21(25)23-10-8-15(9-11-23)14(2)24/h3-5,13-15,22,24H,6-12H2,1-2H3. The Morgan fingerprint density at radius 1 is 1.28 bits per heavy atom. The molecule has 1 aromatic heterocycles. The van der Waals surface area contributed by atoms with E-state index in [1.54, 1.807) is 0 Å². The number of benzene rings is 1. The Morgan fingerprint density at radius 3 is 2.76 bits per heavy atom. The van der Waals surface area contributed by atoms with Gasteiger partial charge >= 0.3 is 0 Å². The maximum absolute atomic E-state index is 13.1. The van der Waals surface area contributed by atoms with Crippen molar-refractivity contribution in [3.05, 3.63) is 35.0 Å². The second kappa shape index (κ2) is 6.49. The van der Waals surface area contributed by atoms with Crippen LogP contribution in [-0.4, -0.2) is 40.1 Å². The zero-order chi connectivity index (χ0) is 17.6. The van der Waals surface area contributed by atoms with Gasteiger partial charge < -0.3 is 15.0 Å². The van der Waals surface area contributed by atoms with E-state index < -0.39 is 0 Å². The molecule has 2 N–H and O–H groups in total. The number of aromatic nitrogens is 1. The van der Waals surface area contributed by atoms with Gasteiger partial charge in [-0.25, -0.2) is 0 Å². The highest BCUT2D eigenvalue weighted by atomic mass is 16.3. The molecule has 0 bridgehead atoms. The van der Waals surface area contributed by atoms with Crippen LogP contribution in [0.1, 0.15) is 54.7 Å². The lowest BCUT2D eigenvalue weighted by molar-refractivity contribution is 0.0523. The van der Waals surface area contributed by atoms with Crippen LogP contribution in [0.3, 0.4) is 0 Å². The van der Waals surface area contributed by atoms with Crippen molar-refractivity contribution < 1.29 is 9.90 Å². The number of carbonyl (C=O) groups is 1. The van der Waals surface area contributed by atoms with Gasteiger partial charge in [0.1, 0.15) is 0 Å². The quantitative estimate of drug-likeness (QED) is 0.879. The minimum absolute atomic E-state index is 0.126. The van der Waals surface area contributed by atoms with Gasteiger partial charge in [0.25, 0.3) is 5.91 Å². The molecule has 2 heterocycles. The fraction of sp³-hybridized carbons (Fsp3) is 0.571. The maximum Gasteiger partial charge on any atom is 0.255 e. The van der Waals surface area contributed by atoms with E-state index in [4.69, 9.17) is 0 Å². The van der Waals surface area contributed by atoms with E-state index in [2.05, 4.69) is 18.0 Å². The van der Waals surface area contributed by atoms with Crippen LogP contribution in [0.25, 0.3) is 10.9 Å². The van der Waals surface area contributed by atoms with E-state index in [-0.39, 0.29) is 12.0 Å². The third-order valence-electron chi connectivity index (χ3n) is 6.21. The Labute approximate surface area is 149 Å². The Hall–Kier alpha value is -1.81. The number of likely N-dealkylation sites (tertiary alicyclic amines) is 1. The average Bonchev–Trinajstić information content (AvgIpc) is 2.99. The predicted molar refractivity (Wildman–Crippen MR) is 99.8 cm³/mol. The van der Waals surface area contributed by atoms with Gasteiger partial charge in [-0.2, -0.15) is 0 Å². The average molecular weight is 340 g/mol. The number of hydrogen-bond acceptors (Lipinski definition) is 2. The highest BCUT2D eigenvalue weighted by Crippen LogP contribution is 2.33. The summed E-state index contributed by atoms with van der Waals surface area (Å²) in [6, 6.07) is 6.13. The number of aliphatic hydroxyl groups excluding tert-OH is 1. The number of H-pyrrole nitrogens is 1. The largest absolute Gasteiger partial charge is 0.393 e. The molecule has 2 unspecified atom stereocenters. The molecule has 1 saturated heterocycles. The zero-order valence-electron chi connectivity index (χ0n) is 15.2. The number of aromatic amines is 1. The van der Waals surface area contributed by atoms with Crippen LogP contribution in [-0.2, 0) is 12.8 Å². The summed E-state index contributed by atoms with van der Waals surface area (Å²) in [7, 11) is 0.